The topological polar surface area (TPSA) is 232 Å². The Morgan fingerprint density at radius 3 is 1.92 bits per heavy atom. The summed E-state index contributed by atoms with van der Waals surface area (Å²) in [7, 11) is 0. The van der Waals surface area contributed by atoms with Gasteiger partial charge in [-0.15, -0.1) is 0 Å². The molecular formula is C26H42N4O9. The van der Waals surface area contributed by atoms with Crippen molar-refractivity contribution in [2.24, 2.45) is 17.6 Å². The van der Waals surface area contributed by atoms with Gasteiger partial charge in [-0.1, -0.05) is 58.0 Å². The first kappa shape index (κ1) is 33.9. The van der Waals surface area contributed by atoms with Gasteiger partial charge in [-0.25, -0.2) is 0 Å². The average Bonchev–Trinajstić information content (AvgIpc) is 2.88. The minimum absolute atomic E-state index is 0.0340. The second kappa shape index (κ2) is 16.1. The van der Waals surface area contributed by atoms with E-state index in [1.54, 1.807) is 44.2 Å². The smallest absolute Gasteiger partial charge is 0.305 e. The monoisotopic (exact) mass is 554 g/mol. The second-order valence-corrected chi connectivity index (χ2v) is 10.3. The first-order chi connectivity index (χ1) is 18.2. The number of hydrogen-bond donors (Lipinski definition) is 9. The number of aliphatic hydroxyl groups is 4. The Bertz CT molecular complexity index is 945. The number of hydrogen-bond acceptors (Lipinski definition) is 9. The quantitative estimate of drug-likeness (QED) is 0.113. The van der Waals surface area contributed by atoms with E-state index in [4.69, 9.17) is 5.73 Å². The highest BCUT2D eigenvalue weighted by Crippen LogP contribution is 2.18. The molecule has 220 valence electrons. The maximum absolute atomic E-state index is 12.9. The highest BCUT2D eigenvalue weighted by atomic mass is 16.4. The molecule has 0 unspecified atom stereocenters. The van der Waals surface area contributed by atoms with Crippen LogP contribution in [0, 0.1) is 11.8 Å². The van der Waals surface area contributed by atoms with Gasteiger partial charge in [0.15, 0.2) is 6.10 Å². The molecule has 0 bridgehead atoms. The Balaban J connectivity index is 2.95. The van der Waals surface area contributed by atoms with E-state index in [-0.39, 0.29) is 18.3 Å². The Hall–Kier alpha value is -3.10. The van der Waals surface area contributed by atoms with Gasteiger partial charge in [0.25, 0.3) is 5.91 Å². The molecule has 39 heavy (non-hydrogen) atoms. The molecule has 10 N–H and O–H groups in total. The first-order valence-electron chi connectivity index (χ1n) is 12.8. The van der Waals surface area contributed by atoms with E-state index in [9.17, 15) is 44.7 Å². The summed E-state index contributed by atoms with van der Waals surface area (Å²) < 4.78 is 0. The maximum Gasteiger partial charge on any atom is 0.305 e. The highest BCUT2D eigenvalue weighted by molar-refractivity contribution is 5.90. The molecule has 0 saturated heterocycles. The molecule has 1 aromatic rings. The lowest BCUT2D eigenvalue weighted by molar-refractivity contribution is -0.145. The molecule has 0 aliphatic carbocycles. The zero-order chi connectivity index (χ0) is 29.9. The number of nitrogens with one attached hydrogen (secondary N) is 3. The summed E-state index contributed by atoms with van der Waals surface area (Å²) in [6, 6.07) is 3.59. The molecule has 3 amide bonds. The van der Waals surface area contributed by atoms with Crippen molar-refractivity contribution < 1.29 is 44.7 Å². The van der Waals surface area contributed by atoms with E-state index in [0.717, 1.165) is 0 Å². The number of carbonyl (C=O) groups excluding carboxylic acids is 3. The lowest BCUT2D eigenvalue weighted by Crippen LogP contribution is -2.60. The van der Waals surface area contributed by atoms with Crippen LogP contribution < -0.4 is 21.7 Å². The highest BCUT2D eigenvalue weighted by Gasteiger charge is 2.37. The van der Waals surface area contributed by atoms with Gasteiger partial charge in [0.1, 0.15) is 18.2 Å². The summed E-state index contributed by atoms with van der Waals surface area (Å²) in [6.45, 7) is 6.24. The van der Waals surface area contributed by atoms with Crippen molar-refractivity contribution in [3.8, 4) is 0 Å². The lowest BCUT2D eigenvalue weighted by Gasteiger charge is -2.31. The van der Waals surface area contributed by atoms with Crippen LogP contribution in [0.15, 0.2) is 30.3 Å². The third-order valence-electron chi connectivity index (χ3n) is 6.14. The molecule has 13 heteroatoms. The fraction of sp³-hybridized carbons (Fsp3) is 0.615. The van der Waals surface area contributed by atoms with Crippen LogP contribution in [0.1, 0.15) is 52.1 Å². The van der Waals surface area contributed by atoms with Crippen LogP contribution in [0.3, 0.4) is 0 Å². The summed E-state index contributed by atoms with van der Waals surface area (Å²) >= 11 is 0. The Morgan fingerprint density at radius 1 is 0.846 bits per heavy atom. The Kier molecular flexibility index (Phi) is 14.0. The van der Waals surface area contributed by atoms with Crippen LogP contribution in [0.2, 0.25) is 0 Å². The zero-order valence-corrected chi connectivity index (χ0v) is 22.7. The van der Waals surface area contributed by atoms with Crippen molar-refractivity contribution in [3.05, 3.63) is 35.9 Å². The largest absolute Gasteiger partial charge is 0.481 e. The van der Waals surface area contributed by atoms with E-state index in [0.29, 0.717) is 5.56 Å². The number of aliphatic hydroxyl groups excluding tert-OH is 4. The molecule has 13 nitrogen and oxygen atoms in total. The van der Waals surface area contributed by atoms with Crippen LogP contribution in [-0.4, -0.2) is 92.3 Å². The van der Waals surface area contributed by atoms with Gasteiger partial charge in [-0.3, -0.25) is 19.2 Å². The van der Waals surface area contributed by atoms with E-state index < -0.39 is 79.2 Å². The van der Waals surface area contributed by atoms with E-state index in [2.05, 4.69) is 16.0 Å². The first-order valence-corrected chi connectivity index (χ1v) is 12.8. The molecule has 1 rings (SSSR count). The minimum atomic E-state index is -2.24. The molecule has 0 aromatic heterocycles. The number of carboxylic acids is 1. The number of carbonyl (C=O) groups is 4. The van der Waals surface area contributed by atoms with Crippen molar-refractivity contribution in [1.82, 2.24) is 16.0 Å². The van der Waals surface area contributed by atoms with Crippen molar-refractivity contribution in [2.75, 3.05) is 6.61 Å². The van der Waals surface area contributed by atoms with Gasteiger partial charge in [0.05, 0.1) is 31.2 Å². The summed E-state index contributed by atoms with van der Waals surface area (Å²) in [5.41, 5.74) is 6.30. The summed E-state index contributed by atoms with van der Waals surface area (Å²) in [6.07, 6.45) is -6.73. The summed E-state index contributed by atoms with van der Waals surface area (Å²) in [5.74, 6) is -3.96. The van der Waals surface area contributed by atoms with Crippen LogP contribution in [0.5, 0.6) is 0 Å². The number of nitrogens with two attached hydrogens (primary N) is 1. The number of amides is 3. The number of rotatable bonds is 16. The normalized spacial score (nSPS) is 16.9. The van der Waals surface area contributed by atoms with Crippen molar-refractivity contribution in [2.45, 2.75) is 83.0 Å². The molecule has 0 fully saturated rings. The van der Waals surface area contributed by atoms with Crippen molar-refractivity contribution in [1.29, 1.82) is 0 Å². The van der Waals surface area contributed by atoms with E-state index in [1.807, 2.05) is 13.8 Å². The number of benzene rings is 1. The summed E-state index contributed by atoms with van der Waals surface area (Å²) in [4.78, 5) is 49.3. The van der Waals surface area contributed by atoms with Crippen LogP contribution in [-0.2, 0) is 19.2 Å². The Labute approximate surface area is 227 Å². The van der Waals surface area contributed by atoms with Gasteiger partial charge in [-0.2, -0.15) is 0 Å². The third-order valence-corrected chi connectivity index (χ3v) is 6.14. The minimum Gasteiger partial charge on any atom is -0.481 e. The molecule has 7 atom stereocenters. The second-order valence-electron chi connectivity index (χ2n) is 10.3. The van der Waals surface area contributed by atoms with Gasteiger partial charge < -0.3 is 47.2 Å². The average molecular weight is 555 g/mol. The van der Waals surface area contributed by atoms with Crippen molar-refractivity contribution in [3.63, 3.8) is 0 Å². The zero-order valence-electron chi connectivity index (χ0n) is 22.7. The molecular weight excluding hydrogens is 512 g/mol. The lowest BCUT2D eigenvalue weighted by atomic mass is 9.97. The molecule has 0 spiro atoms. The molecule has 0 aliphatic heterocycles. The van der Waals surface area contributed by atoms with E-state index >= 15 is 0 Å². The Morgan fingerprint density at radius 2 is 1.44 bits per heavy atom. The van der Waals surface area contributed by atoms with Crippen LogP contribution in [0.4, 0.5) is 0 Å². The van der Waals surface area contributed by atoms with Gasteiger partial charge in [-0.05, 0) is 23.8 Å². The third kappa shape index (κ3) is 10.9. The van der Waals surface area contributed by atoms with Crippen LogP contribution in [0.25, 0.3) is 0 Å². The van der Waals surface area contributed by atoms with Crippen LogP contribution >= 0.6 is 0 Å². The number of carboxylic acid groups (broad SMARTS) is 1. The molecule has 1 aromatic carbocycles. The standard InChI is InChI=1S/C26H42N4O9/c1-13(2)10-17(29-25(38)20(27)14(3)4)24(37)30-18(12-31)21(34)22(35)23(36)26(39)28-16(11-19(32)33)15-8-6-5-7-9-15/h5-9,13-14,16-18,20-23,31,34-36H,10-12,27H2,1-4H3,(H,28,39)(H,29,38)(H,30,37)(H,32,33)/t16-,17-,18-,20+,21+,22+,23-/m0/s1. The van der Waals surface area contributed by atoms with E-state index in [1.165, 1.54) is 0 Å². The maximum atomic E-state index is 12.9. The van der Waals surface area contributed by atoms with Gasteiger partial charge in [0, 0.05) is 0 Å². The molecule has 0 aliphatic rings. The van der Waals surface area contributed by atoms with Gasteiger partial charge in [0.2, 0.25) is 11.8 Å². The predicted molar refractivity (Wildman–Crippen MR) is 141 cm³/mol. The van der Waals surface area contributed by atoms with Gasteiger partial charge >= 0.3 is 5.97 Å². The predicted octanol–water partition coefficient (Wildman–Crippen LogP) is -1.61. The molecule has 0 saturated carbocycles. The fourth-order valence-electron chi connectivity index (χ4n) is 3.75. The summed E-state index contributed by atoms with van der Waals surface area (Å²) in [5, 5.41) is 57.6. The molecule has 0 heterocycles. The number of aliphatic carboxylic acids is 1. The van der Waals surface area contributed by atoms with Crippen molar-refractivity contribution >= 4 is 23.7 Å². The molecule has 0 radical (unpaired) electrons. The fourth-order valence-corrected chi connectivity index (χ4v) is 3.75. The SMILES string of the molecule is CC(C)C[C@H](NC(=O)[C@H](N)C(C)C)C(=O)N[C@@H](CO)[C@@H](O)[C@@H](O)[C@H](O)C(=O)N[C@@H](CC(=O)O)c1ccccc1.